The minimum atomic E-state index is 0.566. The van der Waals surface area contributed by atoms with Crippen LogP contribution in [0.3, 0.4) is 0 Å². The van der Waals surface area contributed by atoms with Gasteiger partial charge < -0.3 is 19.5 Å². The summed E-state index contributed by atoms with van der Waals surface area (Å²) in [4.78, 5) is 11.6. The lowest BCUT2D eigenvalue weighted by Crippen LogP contribution is -2.09. The summed E-state index contributed by atoms with van der Waals surface area (Å²) in [6, 6.07) is 3.78. The molecule has 1 N–H and O–H groups in total. The summed E-state index contributed by atoms with van der Waals surface area (Å²) in [5, 5.41) is 4.67. The van der Waals surface area contributed by atoms with Crippen molar-refractivity contribution >= 4 is 27.4 Å². The van der Waals surface area contributed by atoms with Crippen molar-refractivity contribution in [1.82, 2.24) is 9.97 Å². The first-order valence-corrected chi connectivity index (χ1v) is 10.2. The van der Waals surface area contributed by atoms with Crippen LogP contribution >= 0.6 is 11.3 Å². The van der Waals surface area contributed by atoms with Crippen molar-refractivity contribution in [3.8, 4) is 17.2 Å². The van der Waals surface area contributed by atoms with Gasteiger partial charge in [0.15, 0.2) is 11.5 Å². The number of hydrogen-bond donors (Lipinski definition) is 1. The van der Waals surface area contributed by atoms with Crippen LogP contribution < -0.4 is 19.5 Å². The zero-order chi connectivity index (χ0) is 19.7. The Balaban J connectivity index is 1.66. The molecule has 0 spiro atoms. The lowest BCUT2D eigenvalue weighted by Gasteiger charge is -2.18. The van der Waals surface area contributed by atoms with Crippen molar-refractivity contribution < 1.29 is 14.2 Å². The first-order valence-electron chi connectivity index (χ1n) is 9.42. The number of rotatable bonds is 6. The first-order chi connectivity index (χ1) is 13.6. The molecule has 6 nitrogen and oxygen atoms in total. The van der Waals surface area contributed by atoms with Crippen molar-refractivity contribution in [2.75, 3.05) is 26.6 Å². The molecule has 0 aliphatic heterocycles. The highest BCUT2D eigenvalue weighted by Gasteiger charge is 2.23. The molecule has 0 saturated heterocycles. The van der Waals surface area contributed by atoms with Crippen molar-refractivity contribution in [1.29, 1.82) is 0 Å². The van der Waals surface area contributed by atoms with Gasteiger partial charge in [-0.25, -0.2) is 9.97 Å². The second-order valence-corrected chi connectivity index (χ2v) is 8.21. The average Bonchev–Trinajstić information content (AvgIpc) is 3.09. The molecular formula is C21H25N3O3S. The highest BCUT2D eigenvalue weighted by Crippen LogP contribution is 2.40. The Morgan fingerprint density at radius 3 is 2.57 bits per heavy atom. The minimum Gasteiger partial charge on any atom is -0.496 e. The topological polar surface area (TPSA) is 65.5 Å². The lowest BCUT2D eigenvalue weighted by molar-refractivity contribution is 0.347. The van der Waals surface area contributed by atoms with E-state index in [0.29, 0.717) is 18.0 Å². The molecule has 0 radical (unpaired) electrons. The van der Waals surface area contributed by atoms with Crippen LogP contribution in [-0.4, -0.2) is 31.3 Å². The number of benzene rings is 1. The second-order valence-electron chi connectivity index (χ2n) is 7.13. The molecule has 1 aromatic carbocycles. The molecule has 4 rings (SSSR count). The van der Waals surface area contributed by atoms with Crippen LogP contribution in [0.1, 0.15) is 29.3 Å². The zero-order valence-electron chi connectivity index (χ0n) is 16.7. The van der Waals surface area contributed by atoms with E-state index in [1.165, 1.54) is 22.2 Å². The highest BCUT2D eigenvalue weighted by molar-refractivity contribution is 7.19. The van der Waals surface area contributed by atoms with Gasteiger partial charge in [-0.1, -0.05) is 6.92 Å². The molecular weight excluding hydrogens is 374 g/mol. The predicted octanol–water partition coefficient (Wildman–Crippen LogP) is 4.45. The maximum absolute atomic E-state index is 5.54. The number of thiophene rings is 1. The summed E-state index contributed by atoms with van der Waals surface area (Å²) < 4.78 is 16.4. The van der Waals surface area contributed by atoms with Gasteiger partial charge in [-0.05, 0) is 36.8 Å². The van der Waals surface area contributed by atoms with Gasteiger partial charge in [0.2, 0.25) is 0 Å². The molecule has 1 aliphatic rings. The van der Waals surface area contributed by atoms with E-state index in [-0.39, 0.29) is 0 Å². The Labute approximate surface area is 168 Å². The van der Waals surface area contributed by atoms with E-state index in [0.717, 1.165) is 40.7 Å². The number of nitrogens with one attached hydrogen (secondary N) is 1. The fourth-order valence-corrected chi connectivity index (χ4v) is 5.17. The lowest BCUT2D eigenvalue weighted by atomic mass is 9.89. The number of ether oxygens (including phenoxy) is 3. The largest absolute Gasteiger partial charge is 0.496 e. The first kappa shape index (κ1) is 18.8. The molecule has 148 valence electrons. The van der Waals surface area contributed by atoms with Gasteiger partial charge in [0.1, 0.15) is 22.7 Å². The molecule has 28 heavy (non-hydrogen) atoms. The standard InChI is InChI=1S/C21H25N3O3S/c1-12-5-6-14-18(7-12)28-21-19(14)20(23-11-24-21)22-10-13-8-16(26-3)17(27-4)9-15(13)25-2/h8-9,11-12H,5-7,10H2,1-4H3,(H,22,23,24)/t12-/m0/s1. The van der Waals surface area contributed by atoms with Gasteiger partial charge in [0.05, 0.1) is 26.7 Å². The summed E-state index contributed by atoms with van der Waals surface area (Å²) >= 11 is 1.81. The van der Waals surface area contributed by atoms with Crippen LogP contribution in [0.5, 0.6) is 17.2 Å². The number of aromatic nitrogens is 2. The van der Waals surface area contributed by atoms with Gasteiger partial charge in [-0.15, -0.1) is 11.3 Å². The zero-order valence-corrected chi connectivity index (χ0v) is 17.5. The molecule has 0 amide bonds. The van der Waals surface area contributed by atoms with E-state index < -0.39 is 0 Å². The van der Waals surface area contributed by atoms with E-state index in [2.05, 4.69) is 22.2 Å². The fourth-order valence-electron chi connectivity index (χ4n) is 3.82. The minimum absolute atomic E-state index is 0.566. The van der Waals surface area contributed by atoms with Crippen molar-refractivity contribution in [2.45, 2.75) is 32.7 Å². The number of hydrogen-bond acceptors (Lipinski definition) is 7. The van der Waals surface area contributed by atoms with E-state index in [9.17, 15) is 0 Å². The quantitative estimate of drug-likeness (QED) is 0.660. The molecule has 0 saturated carbocycles. The van der Waals surface area contributed by atoms with Crippen LogP contribution in [0, 0.1) is 5.92 Å². The Morgan fingerprint density at radius 2 is 1.82 bits per heavy atom. The van der Waals surface area contributed by atoms with Gasteiger partial charge in [-0.3, -0.25) is 0 Å². The molecule has 2 aromatic heterocycles. The number of aryl methyl sites for hydroxylation is 1. The summed E-state index contributed by atoms with van der Waals surface area (Å²) in [7, 11) is 4.91. The summed E-state index contributed by atoms with van der Waals surface area (Å²) in [5.74, 6) is 3.69. The Morgan fingerprint density at radius 1 is 1.07 bits per heavy atom. The monoisotopic (exact) mass is 399 g/mol. The molecule has 0 bridgehead atoms. The number of fused-ring (bicyclic) bond motifs is 3. The smallest absolute Gasteiger partial charge is 0.164 e. The highest BCUT2D eigenvalue weighted by atomic mass is 32.1. The molecule has 0 unspecified atom stereocenters. The van der Waals surface area contributed by atoms with Crippen LogP contribution in [0.25, 0.3) is 10.2 Å². The SMILES string of the molecule is COc1cc(OC)c(OC)cc1CNc1ncnc2sc3c(c12)CC[C@H](C)C3. The number of anilines is 1. The summed E-state index contributed by atoms with van der Waals surface area (Å²) in [6.45, 7) is 2.89. The van der Waals surface area contributed by atoms with Crippen LogP contribution in [0.2, 0.25) is 0 Å². The van der Waals surface area contributed by atoms with Crippen LogP contribution in [0.15, 0.2) is 18.5 Å². The number of nitrogens with zero attached hydrogens (tertiary/aromatic N) is 2. The third-order valence-electron chi connectivity index (χ3n) is 5.32. The fraction of sp³-hybridized carbons (Fsp3) is 0.429. The van der Waals surface area contributed by atoms with Crippen LogP contribution in [-0.2, 0) is 19.4 Å². The Kier molecular flexibility index (Phi) is 5.26. The third kappa shape index (κ3) is 3.35. The van der Waals surface area contributed by atoms with Crippen molar-refractivity contribution in [3.05, 3.63) is 34.5 Å². The maximum atomic E-state index is 5.54. The van der Waals surface area contributed by atoms with E-state index in [1.807, 2.05) is 12.1 Å². The van der Waals surface area contributed by atoms with Crippen molar-refractivity contribution in [2.24, 2.45) is 5.92 Å². The number of methoxy groups -OCH3 is 3. The van der Waals surface area contributed by atoms with Gasteiger partial charge in [0.25, 0.3) is 0 Å². The average molecular weight is 400 g/mol. The second kappa shape index (κ2) is 7.83. The molecule has 1 atom stereocenters. The molecule has 0 fully saturated rings. The predicted molar refractivity (Wildman–Crippen MR) is 112 cm³/mol. The van der Waals surface area contributed by atoms with Gasteiger partial charge in [-0.2, -0.15) is 0 Å². The van der Waals surface area contributed by atoms with E-state index >= 15 is 0 Å². The maximum Gasteiger partial charge on any atom is 0.164 e. The Bertz CT molecular complexity index is 1000. The summed E-state index contributed by atoms with van der Waals surface area (Å²) in [5.41, 5.74) is 2.39. The van der Waals surface area contributed by atoms with E-state index in [4.69, 9.17) is 14.2 Å². The molecule has 2 heterocycles. The molecule has 7 heteroatoms. The Hall–Kier alpha value is -2.54. The van der Waals surface area contributed by atoms with Gasteiger partial charge in [0, 0.05) is 23.1 Å². The van der Waals surface area contributed by atoms with Crippen molar-refractivity contribution in [3.63, 3.8) is 0 Å². The molecule has 3 aromatic rings. The van der Waals surface area contributed by atoms with E-state index in [1.54, 1.807) is 39.0 Å². The third-order valence-corrected chi connectivity index (χ3v) is 6.49. The van der Waals surface area contributed by atoms with Gasteiger partial charge >= 0.3 is 0 Å². The summed E-state index contributed by atoms with van der Waals surface area (Å²) in [6.07, 6.45) is 5.09. The van der Waals surface area contributed by atoms with Crippen LogP contribution in [0.4, 0.5) is 5.82 Å². The normalized spacial score (nSPS) is 15.9. The molecule has 1 aliphatic carbocycles.